The van der Waals surface area contributed by atoms with Crippen molar-refractivity contribution in [3.63, 3.8) is 0 Å². The topological polar surface area (TPSA) is 90.8 Å². The summed E-state index contributed by atoms with van der Waals surface area (Å²) < 4.78 is 8.88. The summed E-state index contributed by atoms with van der Waals surface area (Å²) in [5.74, 6) is 1.39. The molecule has 3 rings (SSSR count). The molecule has 0 saturated carbocycles. The first-order valence-electron chi connectivity index (χ1n) is 7.33. The number of nitrogens with zero attached hydrogens (tertiary/aromatic N) is 5. The predicted molar refractivity (Wildman–Crippen MR) is 90.7 cm³/mol. The fourth-order valence-corrected chi connectivity index (χ4v) is 3.03. The third-order valence-electron chi connectivity index (χ3n) is 3.68. The quantitative estimate of drug-likeness (QED) is 0.712. The van der Waals surface area contributed by atoms with Gasteiger partial charge in [-0.05, 0) is 26.0 Å². The van der Waals surface area contributed by atoms with Crippen molar-refractivity contribution in [3.8, 4) is 11.6 Å². The third kappa shape index (κ3) is 3.07. The van der Waals surface area contributed by atoms with E-state index in [-0.39, 0.29) is 11.7 Å². The van der Waals surface area contributed by atoms with Crippen LogP contribution in [0, 0.1) is 13.8 Å². The molecule has 0 atom stereocenters. The molecule has 3 heterocycles. The molecule has 8 nitrogen and oxygen atoms in total. The van der Waals surface area contributed by atoms with Gasteiger partial charge in [0.15, 0.2) is 16.7 Å². The molecule has 1 N–H and O–H groups in total. The van der Waals surface area contributed by atoms with E-state index in [1.54, 1.807) is 21.6 Å². The number of nitrogens with one attached hydrogen (secondary N) is 1. The highest BCUT2D eigenvalue weighted by Crippen LogP contribution is 2.23. The lowest BCUT2D eigenvalue weighted by Gasteiger charge is -2.05. The van der Waals surface area contributed by atoms with Crippen molar-refractivity contribution in [2.24, 2.45) is 14.1 Å². The highest BCUT2D eigenvalue weighted by atomic mass is 32.2. The van der Waals surface area contributed by atoms with Crippen LogP contribution in [0.15, 0.2) is 28.0 Å². The molecule has 0 unspecified atom stereocenters. The summed E-state index contributed by atoms with van der Waals surface area (Å²) in [5, 5.41) is 16.1. The van der Waals surface area contributed by atoms with E-state index in [0.717, 1.165) is 17.1 Å². The van der Waals surface area contributed by atoms with Gasteiger partial charge >= 0.3 is 0 Å². The van der Waals surface area contributed by atoms with E-state index in [1.165, 1.54) is 11.8 Å². The van der Waals surface area contributed by atoms with E-state index in [1.807, 2.05) is 34.0 Å². The summed E-state index contributed by atoms with van der Waals surface area (Å²) in [5.41, 5.74) is 2.48. The van der Waals surface area contributed by atoms with Crippen LogP contribution in [0.25, 0.3) is 11.6 Å². The molecule has 24 heavy (non-hydrogen) atoms. The van der Waals surface area contributed by atoms with Gasteiger partial charge in [0, 0.05) is 14.1 Å². The van der Waals surface area contributed by atoms with Crippen molar-refractivity contribution in [1.82, 2.24) is 24.5 Å². The van der Waals surface area contributed by atoms with Crippen LogP contribution in [-0.2, 0) is 18.9 Å². The number of carbonyl (C=O) groups is 1. The Bertz CT molecular complexity index is 865. The summed E-state index contributed by atoms with van der Waals surface area (Å²) in [7, 11) is 3.69. The number of amides is 1. The Morgan fingerprint density at radius 3 is 2.75 bits per heavy atom. The van der Waals surface area contributed by atoms with E-state index in [0.29, 0.717) is 16.7 Å². The minimum atomic E-state index is -0.109. The lowest BCUT2D eigenvalue weighted by Crippen LogP contribution is -2.15. The predicted octanol–water partition coefficient (Wildman–Crippen LogP) is 2.16. The van der Waals surface area contributed by atoms with Gasteiger partial charge < -0.3 is 14.3 Å². The van der Waals surface area contributed by atoms with Gasteiger partial charge in [0.2, 0.25) is 5.91 Å². The van der Waals surface area contributed by atoms with E-state index < -0.39 is 0 Å². The van der Waals surface area contributed by atoms with Crippen LogP contribution in [0.5, 0.6) is 0 Å². The molecule has 0 aliphatic heterocycles. The molecule has 0 saturated heterocycles. The van der Waals surface area contributed by atoms with Crippen molar-refractivity contribution >= 4 is 23.4 Å². The number of aromatic nitrogens is 5. The first-order valence-corrected chi connectivity index (χ1v) is 8.32. The maximum absolute atomic E-state index is 12.2. The second-order valence-corrected chi connectivity index (χ2v) is 6.29. The number of rotatable bonds is 5. The van der Waals surface area contributed by atoms with Crippen molar-refractivity contribution < 1.29 is 9.21 Å². The standard InChI is InChI=1S/C15H18N6O2S/c1-9-13(10(2)21(4)19-9)16-12(22)8-24-15-18-17-14(20(15)3)11-6-5-7-23-11/h5-7H,8H2,1-4H3,(H,16,22). The molecule has 3 aromatic rings. The van der Waals surface area contributed by atoms with Crippen molar-refractivity contribution in [3.05, 3.63) is 29.8 Å². The summed E-state index contributed by atoms with van der Waals surface area (Å²) in [4.78, 5) is 12.2. The summed E-state index contributed by atoms with van der Waals surface area (Å²) >= 11 is 1.32. The van der Waals surface area contributed by atoms with Crippen molar-refractivity contribution in [2.45, 2.75) is 19.0 Å². The van der Waals surface area contributed by atoms with Crippen LogP contribution in [0.4, 0.5) is 5.69 Å². The number of hydrogen-bond donors (Lipinski definition) is 1. The van der Waals surface area contributed by atoms with Crippen LogP contribution < -0.4 is 5.32 Å². The van der Waals surface area contributed by atoms with Gasteiger partial charge in [0.1, 0.15) is 0 Å². The average molecular weight is 346 g/mol. The monoisotopic (exact) mass is 346 g/mol. The number of anilines is 1. The summed E-state index contributed by atoms with van der Waals surface area (Å²) in [6.07, 6.45) is 1.59. The third-order valence-corrected chi connectivity index (χ3v) is 4.70. The first-order chi connectivity index (χ1) is 11.5. The zero-order valence-electron chi connectivity index (χ0n) is 13.9. The smallest absolute Gasteiger partial charge is 0.234 e. The fourth-order valence-electron chi connectivity index (χ4n) is 2.32. The molecule has 0 spiro atoms. The Morgan fingerprint density at radius 2 is 2.12 bits per heavy atom. The van der Waals surface area contributed by atoms with Crippen LogP contribution in [0.1, 0.15) is 11.4 Å². The second-order valence-electron chi connectivity index (χ2n) is 5.35. The molecule has 0 bridgehead atoms. The van der Waals surface area contributed by atoms with Gasteiger partial charge in [0.05, 0.1) is 29.1 Å². The lowest BCUT2D eigenvalue weighted by atomic mass is 10.3. The molecule has 0 radical (unpaired) electrons. The van der Waals surface area contributed by atoms with Gasteiger partial charge in [-0.2, -0.15) is 5.10 Å². The molecule has 0 aromatic carbocycles. The summed E-state index contributed by atoms with van der Waals surface area (Å²) in [6.45, 7) is 3.79. The zero-order chi connectivity index (χ0) is 17.3. The zero-order valence-corrected chi connectivity index (χ0v) is 14.7. The number of furan rings is 1. The van der Waals surface area contributed by atoms with E-state index in [2.05, 4.69) is 20.6 Å². The van der Waals surface area contributed by atoms with Gasteiger partial charge in [-0.25, -0.2) is 0 Å². The van der Waals surface area contributed by atoms with Crippen molar-refractivity contribution in [1.29, 1.82) is 0 Å². The largest absolute Gasteiger partial charge is 0.461 e. The van der Waals surface area contributed by atoms with Crippen LogP contribution in [0.2, 0.25) is 0 Å². The maximum Gasteiger partial charge on any atom is 0.234 e. The average Bonchev–Trinajstić information content (AvgIpc) is 3.23. The highest BCUT2D eigenvalue weighted by Gasteiger charge is 2.16. The summed E-state index contributed by atoms with van der Waals surface area (Å²) in [6, 6.07) is 3.61. The Kier molecular flexibility index (Phi) is 4.43. The molecule has 126 valence electrons. The number of hydrogen-bond acceptors (Lipinski definition) is 6. The Balaban J connectivity index is 1.65. The van der Waals surface area contributed by atoms with Gasteiger partial charge in [-0.3, -0.25) is 9.48 Å². The number of aryl methyl sites for hydroxylation is 2. The van der Waals surface area contributed by atoms with Gasteiger partial charge in [0.25, 0.3) is 0 Å². The van der Waals surface area contributed by atoms with E-state index in [4.69, 9.17) is 4.42 Å². The highest BCUT2D eigenvalue weighted by molar-refractivity contribution is 7.99. The SMILES string of the molecule is Cc1nn(C)c(C)c1NC(=O)CSc1nnc(-c2ccco2)n1C. The van der Waals surface area contributed by atoms with Crippen molar-refractivity contribution in [2.75, 3.05) is 11.1 Å². The molecule has 1 amide bonds. The molecule has 0 aliphatic carbocycles. The van der Waals surface area contributed by atoms with Gasteiger partial charge in [-0.15, -0.1) is 10.2 Å². The molecule has 9 heteroatoms. The second kappa shape index (κ2) is 6.52. The van der Waals surface area contributed by atoms with E-state index >= 15 is 0 Å². The minimum absolute atomic E-state index is 0.109. The van der Waals surface area contributed by atoms with Gasteiger partial charge in [-0.1, -0.05) is 11.8 Å². The molecular formula is C15H18N6O2S. The van der Waals surface area contributed by atoms with Crippen LogP contribution in [0.3, 0.4) is 0 Å². The fraction of sp³-hybridized carbons (Fsp3) is 0.333. The van der Waals surface area contributed by atoms with Crippen LogP contribution >= 0.6 is 11.8 Å². The number of carbonyl (C=O) groups excluding carboxylic acids is 1. The van der Waals surface area contributed by atoms with Crippen LogP contribution in [-0.4, -0.2) is 36.2 Å². The molecule has 0 fully saturated rings. The Morgan fingerprint density at radius 1 is 1.33 bits per heavy atom. The first kappa shape index (κ1) is 16.3. The van der Waals surface area contributed by atoms with E-state index in [9.17, 15) is 4.79 Å². The molecule has 3 aromatic heterocycles. The maximum atomic E-state index is 12.2. The normalized spacial score (nSPS) is 11.0. The number of thioether (sulfide) groups is 1. The minimum Gasteiger partial charge on any atom is -0.461 e. The molecule has 0 aliphatic rings. The Labute approximate surface area is 143 Å². The Hall–Kier alpha value is -2.55. The molecular weight excluding hydrogens is 328 g/mol. The lowest BCUT2D eigenvalue weighted by molar-refractivity contribution is -0.113.